The molecule has 140 valence electrons. The van der Waals surface area contributed by atoms with Crippen LogP contribution in [0.2, 0.25) is 0 Å². The second kappa shape index (κ2) is 8.45. The van der Waals surface area contributed by atoms with Gasteiger partial charge >= 0.3 is 0 Å². The van der Waals surface area contributed by atoms with Gasteiger partial charge in [0.1, 0.15) is 0 Å². The summed E-state index contributed by atoms with van der Waals surface area (Å²) >= 11 is 1.61. The van der Waals surface area contributed by atoms with Crippen molar-refractivity contribution in [2.45, 2.75) is 25.3 Å². The average Bonchev–Trinajstić information content (AvgIpc) is 3.39. The molecule has 1 N–H and O–H groups in total. The van der Waals surface area contributed by atoms with Gasteiger partial charge in [0.25, 0.3) is 0 Å². The van der Waals surface area contributed by atoms with Crippen LogP contribution in [-0.4, -0.2) is 40.6 Å². The number of thiophene rings is 1. The molecule has 1 aliphatic rings. The average molecular weight is 382 g/mol. The Balaban J connectivity index is 1.23. The minimum atomic E-state index is 0.0649. The first-order valence-electron chi connectivity index (χ1n) is 9.18. The zero-order chi connectivity index (χ0) is 18.5. The highest BCUT2D eigenvalue weighted by atomic mass is 32.1. The summed E-state index contributed by atoms with van der Waals surface area (Å²) in [6, 6.07) is 13.9. The van der Waals surface area contributed by atoms with E-state index in [9.17, 15) is 4.79 Å². The lowest BCUT2D eigenvalue weighted by atomic mass is 9.97. The van der Waals surface area contributed by atoms with Gasteiger partial charge in [0.05, 0.1) is 11.4 Å². The van der Waals surface area contributed by atoms with Gasteiger partial charge in [-0.2, -0.15) is 4.98 Å². The number of amides is 1. The van der Waals surface area contributed by atoms with Crippen LogP contribution < -0.4 is 5.32 Å². The molecule has 3 heterocycles. The Bertz CT molecular complexity index is 855. The molecule has 6 nitrogen and oxygen atoms in total. The van der Waals surface area contributed by atoms with Crippen LogP contribution in [0.3, 0.4) is 0 Å². The van der Waals surface area contributed by atoms with Gasteiger partial charge in [0.15, 0.2) is 0 Å². The van der Waals surface area contributed by atoms with Crippen LogP contribution in [0, 0.1) is 0 Å². The van der Waals surface area contributed by atoms with Gasteiger partial charge in [0.2, 0.25) is 17.6 Å². The van der Waals surface area contributed by atoms with E-state index in [4.69, 9.17) is 4.52 Å². The predicted octanol–water partition coefficient (Wildman–Crippen LogP) is 3.29. The molecule has 0 spiro atoms. The molecule has 0 saturated carbocycles. The van der Waals surface area contributed by atoms with Gasteiger partial charge in [-0.25, -0.2) is 0 Å². The third-order valence-electron chi connectivity index (χ3n) is 4.82. The maximum atomic E-state index is 12.2. The summed E-state index contributed by atoms with van der Waals surface area (Å²) in [6.45, 7) is 2.73. The quantitative estimate of drug-likeness (QED) is 0.708. The minimum Gasteiger partial charge on any atom is -0.351 e. The third-order valence-corrected chi connectivity index (χ3v) is 5.69. The Morgan fingerprint density at radius 1 is 1.19 bits per heavy atom. The van der Waals surface area contributed by atoms with Crippen LogP contribution in [0.5, 0.6) is 0 Å². The third kappa shape index (κ3) is 4.61. The number of benzene rings is 1. The Morgan fingerprint density at radius 3 is 2.74 bits per heavy atom. The minimum absolute atomic E-state index is 0.0649. The van der Waals surface area contributed by atoms with Crippen molar-refractivity contribution in [1.29, 1.82) is 0 Å². The SMILES string of the molecule is O=C(CN1CCC(c2nc(-c3cccs3)no2)CC1)NCc1ccccc1. The van der Waals surface area contributed by atoms with Gasteiger partial charge in [0, 0.05) is 12.5 Å². The summed E-state index contributed by atoms with van der Waals surface area (Å²) in [6.07, 6.45) is 1.86. The van der Waals surface area contributed by atoms with Crippen molar-refractivity contribution in [2.24, 2.45) is 0 Å². The van der Waals surface area contributed by atoms with Gasteiger partial charge in [-0.3, -0.25) is 9.69 Å². The number of aromatic nitrogens is 2. The number of carbonyl (C=O) groups is 1. The smallest absolute Gasteiger partial charge is 0.234 e. The number of hydrogen-bond acceptors (Lipinski definition) is 6. The van der Waals surface area contributed by atoms with E-state index < -0.39 is 0 Å². The fourth-order valence-corrected chi connectivity index (χ4v) is 3.95. The van der Waals surface area contributed by atoms with E-state index in [1.54, 1.807) is 11.3 Å². The summed E-state index contributed by atoms with van der Waals surface area (Å²) in [4.78, 5) is 20.0. The molecule has 0 aliphatic carbocycles. The number of nitrogens with zero attached hydrogens (tertiary/aromatic N) is 3. The van der Waals surface area contributed by atoms with Gasteiger partial charge < -0.3 is 9.84 Å². The molecule has 0 atom stereocenters. The number of hydrogen-bond donors (Lipinski definition) is 1. The molecule has 1 saturated heterocycles. The lowest BCUT2D eigenvalue weighted by molar-refractivity contribution is -0.122. The molecule has 0 radical (unpaired) electrons. The van der Waals surface area contributed by atoms with E-state index in [-0.39, 0.29) is 11.8 Å². The van der Waals surface area contributed by atoms with Crippen LogP contribution >= 0.6 is 11.3 Å². The summed E-state index contributed by atoms with van der Waals surface area (Å²) < 4.78 is 5.48. The number of rotatable bonds is 6. The van der Waals surface area contributed by atoms with Crippen molar-refractivity contribution in [3.05, 3.63) is 59.3 Å². The maximum Gasteiger partial charge on any atom is 0.234 e. The highest BCUT2D eigenvalue weighted by molar-refractivity contribution is 7.13. The van der Waals surface area contributed by atoms with Crippen molar-refractivity contribution >= 4 is 17.2 Å². The first kappa shape index (κ1) is 17.9. The topological polar surface area (TPSA) is 71.3 Å². The van der Waals surface area contributed by atoms with Gasteiger partial charge in [-0.1, -0.05) is 41.6 Å². The molecule has 1 amide bonds. The fourth-order valence-electron chi connectivity index (χ4n) is 3.30. The van der Waals surface area contributed by atoms with Crippen LogP contribution in [-0.2, 0) is 11.3 Å². The van der Waals surface area contributed by atoms with E-state index in [0.29, 0.717) is 24.8 Å². The largest absolute Gasteiger partial charge is 0.351 e. The number of piperidine rings is 1. The second-order valence-electron chi connectivity index (χ2n) is 6.75. The molecule has 27 heavy (non-hydrogen) atoms. The van der Waals surface area contributed by atoms with Crippen molar-refractivity contribution in [1.82, 2.24) is 20.4 Å². The van der Waals surface area contributed by atoms with E-state index in [1.807, 2.05) is 47.8 Å². The number of nitrogens with one attached hydrogen (secondary N) is 1. The van der Waals surface area contributed by atoms with Crippen LogP contribution in [0.15, 0.2) is 52.4 Å². The summed E-state index contributed by atoms with van der Waals surface area (Å²) in [7, 11) is 0. The van der Waals surface area contributed by atoms with Crippen molar-refractivity contribution in [3.63, 3.8) is 0 Å². The summed E-state index contributed by atoms with van der Waals surface area (Å²) in [5, 5.41) is 9.10. The highest BCUT2D eigenvalue weighted by Crippen LogP contribution is 2.29. The van der Waals surface area contributed by atoms with Crippen molar-refractivity contribution in [2.75, 3.05) is 19.6 Å². The van der Waals surface area contributed by atoms with E-state index in [1.165, 1.54) is 0 Å². The molecule has 1 aliphatic heterocycles. The predicted molar refractivity (Wildman–Crippen MR) is 104 cm³/mol. The van der Waals surface area contributed by atoms with Gasteiger partial charge in [-0.05, 0) is 42.9 Å². The zero-order valence-corrected chi connectivity index (χ0v) is 15.8. The molecular formula is C20H22N4O2S. The normalized spacial score (nSPS) is 15.7. The van der Waals surface area contributed by atoms with Crippen LogP contribution in [0.4, 0.5) is 0 Å². The fraction of sp³-hybridized carbons (Fsp3) is 0.350. The maximum absolute atomic E-state index is 12.2. The molecule has 0 unspecified atom stereocenters. The van der Waals surface area contributed by atoms with Crippen LogP contribution in [0.1, 0.15) is 30.2 Å². The molecule has 3 aromatic rings. The Labute approximate surface area is 162 Å². The van der Waals surface area contributed by atoms with E-state index in [0.717, 1.165) is 36.4 Å². The molecule has 7 heteroatoms. The number of likely N-dealkylation sites (tertiary alicyclic amines) is 1. The molecule has 4 rings (SSSR count). The van der Waals surface area contributed by atoms with Crippen molar-refractivity contribution < 1.29 is 9.32 Å². The molecule has 2 aromatic heterocycles. The Hall–Kier alpha value is -2.51. The first-order valence-corrected chi connectivity index (χ1v) is 10.1. The molecule has 0 bridgehead atoms. The van der Waals surface area contributed by atoms with Crippen LogP contribution in [0.25, 0.3) is 10.7 Å². The standard InChI is InChI=1S/C20H22N4O2S/c25-18(21-13-15-5-2-1-3-6-15)14-24-10-8-16(9-11-24)20-22-19(23-26-20)17-7-4-12-27-17/h1-7,12,16H,8-11,13-14H2,(H,21,25). The summed E-state index contributed by atoms with van der Waals surface area (Å²) in [5.74, 6) is 1.72. The molecular weight excluding hydrogens is 360 g/mol. The second-order valence-corrected chi connectivity index (χ2v) is 7.69. The molecule has 1 aromatic carbocycles. The Morgan fingerprint density at radius 2 is 2.00 bits per heavy atom. The van der Waals surface area contributed by atoms with E-state index >= 15 is 0 Å². The highest BCUT2D eigenvalue weighted by Gasteiger charge is 2.26. The molecule has 1 fully saturated rings. The lowest BCUT2D eigenvalue weighted by Gasteiger charge is -2.29. The summed E-state index contributed by atoms with van der Waals surface area (Å²) in [5.41, 5.74) is 1.11. The first-order chi connectivity index (χ1) is 13.3. The zero-order valence-electron chi connectivity index (χ0n) is 15.0. The lowest BCUT2D eigenvalue weighted by Crippen LogP contribution is -2.41. The van der Waals surface area contributed by atoms with E-state index in [2.05, 4.69) is 20.4 Å². The number of carbonyl (C=O) groups excluding carboxylic acids is 1. The monoisotopic (exact) mass is 382 g/mol. The van der Waals surface area contributed by atoms with Gasteiger partial charge in [-0.15, -0.1) is 11.3 Å². The van der Waals surface area contributed by atoms with Crippen molar-refractivity contribution in [3.8, 4) is 10.7 Å². The Kier molecular flexibility index (Phi) is 5.60.